The maximum absolute atomic E-state index is 12.7. The van der Waals surface area contributed by atoms with Crippen molar-refractivity contribution in [3.8, 4) is 11.3 Å². The first kappa shape index (κ1) is 22.5. The van der Waals surface area contributed by atoms with Crippen LogP contribution in [0.2, 0.25) is 0 Å². The van der Waals surface area contributed by atoms with Gasteiger partial charge in [0.1, 0.15) is 12.3 Å². The lowest BCUT2D eigenvalue weighted by molar-refractivity contribution is 0.0463. The van der Waals surface area contributed by atoms with E-state index in [0.29, 0.717) is 23.6 Å². The monoisotopic (exact) mass is 465 g/mol. The lowest BCUT2D eigenvalue weighted by Gasteiger charge is -2.10. The van der Waals surface area contributed by atoms with E-state index in [1.54, 1.807) is 24.3 Å². The fourth-order valence-electron chi connectivity index (χ4n) is 3.55. The summed E-state index contributed by atoms with van der Waals surface area (Å²) in [5.74, 6) is 0.150. The maximum Gasteiger partial charge on any atom is 0.340 e. The molecule has 2 aromatic heterocycles. The number of benzene rings is 2. The highest BCUT2D eigenvalue weighted by Crippen LogP contribution is 2.22. The Bertz CT molecular complexity index is 1390. The van der Waals surface area contributed by atoms with Crippen LogP contribution in [0.5, 0.6) is 0 Å². The van der Waals surface area contributed by atoms with E-state index in [4.69, 9.17) is 14.4 Å². The lowest BCUT2D eigenvalue weighted by Crippen LogP contribution is -2.12. The van der Waals surface area contributed by atoms with Gasteiger partial charge in [-0.05, 0) is 37.6 Å². The third-order valence-corrected chi connectivity index (χ3v) is 6.28. The first-order valence-electron chi connectivity index (χ1n) is 10.2. The normalized spacial score (nSPS) is 11.5. The fourth-order valence-corrected chi connectivity index (χ4v) is 4.07. The standard InChI is InChI=1S/C24H23N3O5S/c1-16-12-22(17(2)27(16)14-18-8-10-21(11-9-18)33(25,29)30)24(28)31-15-20-13-23(32-26-20)19-6-4-3-5-7-19/h3-13H,14-15H2,1-2H3,(H2,25,29,30). The molecule has 2 N–H and O–H groups in total. The summed E-state index contributed by atoms with van der Waals surface area (Å²) < 4.78 is 35.6. The van der Waals surface area contributed by atoms with Crippen molar-refractivity contribution in [2.45, 2.75) is 31.9 Å². The molecular weight excluding hydrogens is 442 g/mol. The van der Waals surface area contributed by atoms with Gasteiger partial charge >= 0.3 is 5.97 Å². The van der Waals surface area contributed by atoms with Gasteiger partial charge < -0.3 is 13.8 Å². The van der Waals surface area contributed by atoms with Crippen LogP contribution >= 0.6 is 0 Å². The SMILES string of the molecule is Cc1cc(C(=O)OCc2cc(-c3ccccc3)on2)c(C)n1Cc1ccc(S(N)(=O)=O)cc1. The van der Waals surface area contributed by atoms with E-state index >= 15 is 0 Å². The van der Waals surface area contributed by atoms with Crippen LogP contribution in [0.4, 0.5) is 0 Å². The Kier molecular flexibility index (Phi) is 6.17. The first-order chi connectivity index (χ1) is 15.7. The van der Waals surface area contributed by atoms with Crippen LogP contribution in [0, 0.1) is 13.8 Å². The van der Waals surface area contributed by atoms with E-state index in [9.17, 15) is 13.2 Å². The molecule has 33 heavy (non-hydrogen) atoms. The zero-order valence-electron chi connectivity index (χ0n) is 18.2. The van der Waals surface area contributed by atoms with Gasteiger partial charge in [0.25, 0.3) is 0 Å². The number of esters is 1. The number of hydrogen-bond donors (Lipinski definition) is 1. The van der Waals surface area contributed by atoms with Crippen molar-refractivity contribution in [3.05, 3.63) is 94.9 Å². The van der Waals surface area contributed by atoms with Gasteiger partial charge in [-0.2, -0.15) is 0 Å². The number of rotatable bonds is 7. The number of nitrogens with two attached hydrogens (primary N) is 1. The zero-order chi connectivity index (χ0) is 23.6. The molecule has 0 fully saturated rings. The number of carbonyl (C=O) groups is 1. The minimum Gasteiger partial charge on any atom is -0.455 e. The van der Waals surface area contributed by atoms with Crippen molar-refractivity contribution in [1.82, 2.24) is 9.72 Å². The number of aryl methyl sites for hydroxylation is 1. The fraction of sp³-hybridized carbons (Fsp3) is 0.167. The topological polar surface area (TPSA) is 117 Å². The smallest absolute Gasteiger partial charge is 0.340 e. The Morgan fingerprint density at radius 2 is 1.76 bits per heavy atom. The van der Waals surface area contributed by atoms with Crippen molar-refractivity contribution in [2.24, 2.45) is 5.14 Å². The van der Waals surface area contributed by atoms with Crippen molar-refractivity contribution < 1.29 is 22.5 Å². The molecule has 0 amide bonds. The molecule has 0 aliphatic rings. The predicted molar refractivity (Wildman–Crippen MR) is 122 cm³/mol. The minimum absolute atomic E-state index is 0.00609. The molecule has 0 atom stereocenters. The van der Waals surface area contributed by atoms with E-state index in [-0.39, 0.29) is 11.5 Å². The van der Waals surface area contributed by atoms with Gasteiger partial charge in [0.15, 0.2) is 5.76 Å². The second kappa shape index (κ2) is 9.05. The molecule has 0 saturated carbocycles. The molecule has 0 unspecified atom stereocenters. The van der Waals surface area contributed by atoms with Crippen LogP contribution in [0.15, 0.2) is 76.1 Å². The van der Waals surface area contributed by atoms with Gasteiger partial charge in [0.05, 0.1) is 10.5 Å². The summed E-state index contributed by atoms with van der Waals surface area (Å²) in [6, 6.07) is 19.4. The molecular formula is C24H23N3O5S. The van der Waals surface area contributed by atoms with E-state index in [1.165, 1.54) is 12.1 Å². The van der Waals surface area contributed by atoms with Gasteiger partial charge in [0, 0.05) is 29.6 Å². The van der Waals surface area contributed by atoms with Crippen LogP contribution in [0.25, 0.3) is 11.3 Å². The van der Waals surface area contributed by atoms with Gasteiger partial charge in [-0.25, -0.2) is 18.4 Å². The maximum atomic E-state index is 12.7. The number of primary sulfonamides is 1. The Hall–Kier alpha value is -3.69. The molecule has 0 aliphatic heterocycles. The summed E-state index contributed by atoms with van der Waals surface area (Å²) in [5, 5.41) is 9.13. The second-order valence-electron chi connectivity index (χ2n) is 7.68. The summed E-state index contributed by atoms with van der Waals surface area (Å²) in [6.45, 7) is 4.20. The van der Waals surface area contributed by atoms with Crippen molar-refractivity contribution in [1.29, 1.82) is 0 Å². The highest BCUT2D eigenvalue weighted by atomic mass is 32.2. The molecule has 170 valence electrons. The largest absolute Gasteiger partial charge is 0.455 e. The van der Waals surface area contributed by atoms with Gasteiger partial charge in [-0.15, -0.1) is 0 Å². The summed E-state index contributed by atoms with van der Waals surface area (Å²) in [6.07, 6.45) is 0. The third kappa shape index (κ3) is 5.05. The van der Waals surface area contributed by atoms with Crippen LogP contribution in [0.3, 0.4) is 0 Å². The minimum atomic E-state index is -3.74. The molecule has 4 rings (SSSR count). The molecule has 2 heterocycles. The van der Waals surface area contributed by atoms with Crippen molar-refractivity contribution >= 4 is 16.0 Å². The summed E-state index contributed by atoms with van der Waals surface area (Å²) in [4.78, 5) is 12.8. The molecule has 4 aromatic rings. The summed E-state index contributed by atoms with van der Waals surface area (Å²) in [5.41, 5.74) is 4.37. The number of nitrogens with zero attached hydrogens (tertiary/aromatic N) is 2. The zero-order valence-corrected chi connectivity index (χ0v) is 19.0. The van der Waals surface area contributed by atoms with Gasteiger partial charge in [-0.1, -0.05) is 47.6 Å². The van der Waals surface area contributed by atoms with Crippen LogP contribution in [-0.4, -0.2) is 24.1 Å². The Balaban J connectivity index is 1.44. The Morgan fingerprint density at radius 3 is 2.42 bits per heavy atom. The lowest BCUT2D eigenvalue weighted by atomic mass is 10.2. The molecule has 0 aliphatic carbocycles. The predicted octanol–water partition coefficient (Wildman–Crippen LogP) is 3.81. The highest BCUT2D eigenvalue weighted by Gasteiger charge is 2.18. The van der Waals surface area contributed by atoms with E-state index in [1.807, 2.05) is 48.7 Å². The number of hydrogen-bond acceptors (Lipinski definition) is 6. The van der Waals surface area contributed by atoms with E-state index in [0.717, 1.165) is 22.5 Å². The van der Waals surface area contributed by atoms with Gasteiger partial charge in [-0.3, -0.25) is 0 Å². The number of aromatic nitrogens is 2. The number of ether oxygens (including phenoxy) is 1. The number of carbonyl (C=O) groups excluding carboxylic acids is 1. The Labute approximate surface area is 191 Å². The number of sulfonamides is 1. The quantitative estimate of drug-likeness (QED) is 0.415. The molecule has 2 aromatic carbocycles. The van der Waals surface area contributed by atoms with Gasteiger partial charge in [0.2, 0.25) is 10.0 Å². The van der Waals surface area contributed by atoms with Crippen molar-refractivity contribution in [3.63, 3.8) is 0 Å². The van der Waals surface area contributed by atoms with Crippen molar-refractivity contribution in [2.75, 3.05) is 0 Å². The molecule has 8 nitrogen and oxygen atoms in total. The average molecular weight is 466 g/mol. The van der Waals surface area contributed by atoms with E-state index < -0.39 is 16.0 Å². The summed E-state index contributed by atoms with van der Waals surface area (Å²) in [7, 11) is -3.74. The second-order valence-corrected chi connectivity index (χ2v) is 9.25. The van der Waals surface area contributed by atoms with Crippen LogP contribution in [-0.2, 0) is 27.9 Å². The third-order valence-electron chi connectivity index (χ3n) is 5.35. The first-order valence-corrected chi connectivity index (χ1v) is 11.7. The highest BCUT2D eigenvalue weighted by molar-refractivity contribution is 7.89. The van der Waals surface area contributed by atoms with E-state index in [2.05, 4.69) is 5.16 Å². The molecule has 0 saturated heterocycles. The Morgan fingerprint density at radius 1 is 1.06 bits per heavy atom. The van der Waals surface area contributed by atoms with Crippen LogP contribution in [0.1, 0.15) is 33.0 Å². The molecule has 9 heteroatoms. The molecule has 0 bridgehead atoms. The summed E-state index contributed by atoms with van der Waals surface area (Å²) >= 11 is 0. The molecule has 0 radical (unpaired) electrons. The van der Waals surface area contributed by atoms with Crippen LogP contribution < -0.4 is 5.14 Å². The molecule has 0 spiro atoms. The average Bonchev–Trinajstić information content (AvgIpc) is 3.38.